The first-order chi connectivity index (χ1) is 11.1. The van der Waals surface area contributed by atoms with Crippen LogP contribution in [0.2, 0.25) is 18.1 Å². The molecule has 0 aliphatic heterocycles. The zero-order chi connectivity index (χ0) is 18.4. The molecule has 0 amide bonds. The van der Waals surface area contributed by atoms with Crippen LogP contribution in [0.15, 0.2) is 36.9 Å². The molecule has 132 valence electrons. The van der Waals surface area contributed by atoms with Crippen molar-refractivity contribution in [3.05, 3.63) is 48.0 Å². The normalized spacial score (nSPS) is 11.7. The third kappa shape index (κ3) is 5.34. The zero-order valence-electron chi connectivity index (χ0n) is 15.3. The van der Waals surface area contributed by atoms with Crippen molar-refractivity contribution in [1.82, 2.24) is 0 Å². The Morgan fingerprint density at radius 2 is 1.67 bits per heavy atom. The lowest BCUT2D eigenvalue weighted by molar-refractivity contribution is 0.0492. The molecular formula is C19H28O4Si. The smallest absolute Gasteiger partial charge is 0.339 e. The molecule has 1 aromatic carbocycles. The number of hydrogen-bond donors (Lipinski definition) is 0. The van der Waals surface area contributed by atoms with Gasteiger partial charge in [0.2, 0.25) is 0 Å². The van der Waals surface area contributed by atoms with Crippen LogP contribution in [0.4, 0.5) is 0 Å². The number of rotatable bonds is 7. The maximum atomic E-state index is 12.6. The quantitative estimate of drug-likeness (QED) is 0.302. The number of carbonyl (C=O) groups is 2. The van der Waals surface area contributed by atoms with Crippen LogP contribution in [-0.2, 0) is 9.16 Å². The summed E-state index contributed by atoms with van der Waals surface area (Å²) in [6, 6.07) is 6.63. The van der Waals surface area contributed by atoms with Gasteiger partial charge in [0.25, 0.3) is 8.32 Å². The number of allylic oxidation sites excluding steroid dienone is 1. The van der Waals surface area contributed by atoms with Crippen molar-refractivity contribution in [3.8, 4) is 0 Å². The van der Waals surface area contributed by atoms with Gasteiger partial charge < -0.3 is 9.16 Å². The molecule has 0 spiro atoms. The molecule has 0 bridgehead atoms. The van der Waals surface area contributed by atoms with Crippen molar-refractivity contribution in [2.45, 2.75) is 51.7 Å². The lowest BCUT2D eigenvalue weighted by Crippen LogP contribution is -2.42. The minimum Gasteiger partial charge on any atom is -0.516 e. The van der Waals surface area contributed by atoms with E-state index in [0.29, 0.717) is 13.0 Å². The van der Waals surface area contributed by atoms with Gasteiger partial charge in [-0.1, -0.05) is 39.0 Å². The van der Waals surface area contributed by atoms with E-state index < -0.39 is 20.3 Å². The van der Waals surface area contributed by atoms with E-state index in [1.807, 2.05) is 13.1 Å². The molecule has 0 fully saturated rings. The molecule has 0 saturated heterocycles. The van der Waals surface area contributed by atoms with E-state index in [1.165, 1.54) is 0 Å². The molecule has 0 unspecified atom stereocenters. The van der Waals surface area contributed by atoms with Gasteiger partial charge in [0.05, 0.1) is 17.7 Å². The minimum atomic E-state index is -2.26. The molecule has 4 nitrogen and oxygen atoms in total. The zero-order valence-corrected chi connectivity index (χ0v) is 16.3. The molecule has 1 rings (SSSR count). The number of esters is 1. The first-order valence-corrected chi connectivity index (χ1v) is 11.1. The van der Waals surface area contributed by atoms with Crippen LogP contribution in [0.25, 0.3) is 0 Å². The van der Waals surface area contributed by atoms with Gasteiger partial charge in [0.1, 0.15) is 0 Å². The maximum absolute atomic E-state index is 12.6. The highest BCUT2D eigenvalue weighted by Crippen LogP contribution is 2.37. The lowest BCUT2D eigenvalue weighted by atomic mass is 10.1. The maximum Gasteiger partial charge on any atom is 0.339 e. The first-order valence-electron chi connectivity index (χ1n) is 8.20. The molecule has 1 aromatic rings. The van der Waals surface area contributed by atoms with E-state index in [4.69, 9.17) is 9.16 Å². The van der Waals surface area contributed by atoms with Gasteiger partial charge in [-0.25, -0.2) is 9.59 Å². The van der Waals surface area contributed by atoms with E-state index in [9.17, 15) is 9.59 Å². The summed E-state index contributed by atoms with van der Waals surface area (Å²) in [6.45, 7) is 14.1. The Morgan fingerprint density at radius 3 is 2.17 bits per heavy atom. The summed E-state index contributed by atoms with van der Waals surface area (Å²) in [5, 5.41) is -0.0944. The SMILES string of the molecule is C=CCCCOC(=O)c1ccccc1C(=O)O[Si](C)(C)C(C)(C)C. The predicted molar refractivity (Wildman–Crippen MR) is 98.8 cm³/mol. The molecule has 0 saturated carbocycles. The second kappa shape index (κ2) is 8.28. The van der Waals surface area contributed by atoms with Gasteiger partial charge >= 0.3 is 11.9 Å². The lowest BCUT2D eigenvalue weighted by Gasteiger charge is -2.35. The van der Waals surface area contributed by atoms with E-state index >= 15 is 0 Å². The molecule has 0 aromatic heterocycles. The van der Waals surface area contributed by atoms with Crippen molar-refractivity contribution in [2.75, 3.05) is 6.61 Å². The molecule has 0 heterocycles. The van der Waals surface area contributed by atoms with Crippen molar-refractivity contribution in [1.29, 1.82) is 0 Å². The summed E-state index contributed by atoms with van der Waals surface area (Å²) in [5.41, 5.74) is 0.510. The van der Waals surface area contributed by atoms with Gasteiger partial charge in [0.15, 0.2) is 0 Å². The number of carbonyl (C=O) groups excluding carboxylic acids is 2. The average molecular weight is 349 g/mol. The molecule has 5 heteroatoms. The van der Waals surface area contributed by atoms with E-state index in [2.05, 4.69) is 27.4 Å². The molecule has 0 radical (unpaired) electrons. The molecule has 0 aliphatic rings. The van der Waals surface area contributed by atoms with Gasteiger partial charge in [-0.15, -0.1) is 6.58 Å². The first kappa shape index (κ1) is 20.2. The summed E-state index contributed by atoms with van der Waals surface area (Å²) < 4.78 is 11.0. The van der Waals surface area contributed by atoms with E-state index in [0.717, 1.165) is 6.42 Å². The predicted octanol–water partition coefficient (Wildman–Crippen LogP) is 4.97. The van der Waals surface area contributed by atoms with Gasteiger partial charge in [-0.3, -0.25) is 0 Å². The fraction of sp³-hybridized carbons (Fsp3) is 0.474. The molecule has 24 heavy (non-hydrogen) atoms. The average Bonchev–Trinajstić information content (AvgIpc) is 2.49. The van der Waals surface area contributed by atoms with Crippen LogP contribution < -0.4 is 0 Å². The molecule has 0 N–H and O–H groups in total. The Balaban J connectivity index is 2.91. The molecule has 0 aliphatic carbocycles. The summed E-state index contributed by atoms with van der Waals surface area (Å²) >= 11 is 0. The third-order valence-electron chi connectivity index (χ3n) is 4.31. The summed E-state index contributed by atoms with van der Waals surface area (Å²) in [7, 11) is -2.26. The number of hydrogen-bond acceptors (Lipinski definition) is 4. The Hall–Kier alpha value is -1.88. The number of ether oxygens (including phenoxy) is 1. The van der Waals surface area contributed by atoms with Crippen LogP contribution >= 0.6 is 0 Å². The molecular weight excluding hydrogens is 320 g/mol. The third-order valence-corrected chi connectivity index (χ3v) is 8.61. The fourth-order valence-corrected chi connectivity index (χ4v) is 2.63. The summed E-state index contributed by atoms with van der Waals surface area (Å²) in [4.78, 5) is 24.9. The topological polar surface area (TPSA) is 52.6 Å². The number of unbranched alkanes of at least 4 members (excludes halogenated alkanes) is 1. The van der Waals surface area contributed by atoms with Crippen LogP contribution in [0, 0.1) is 0 Å². The second-order valence-electron chi connectivity index (χ2n) is 7.26. The molecule has 0 atom stereocenters. The van der Waals surface area contributed by atoms with Crippen molar-refractivity contribution in [2.24, 2.45) is 0 Å². The van der Waals surface area contributed by atoms with Crippen LogP contribution in [-0.4, -0.2) is 26.9 Å². The highest BCUT2D eigenvalue weighted by atomic mass is 28.4. The van der Waals surface area contributed by atoms with Crippen molar-refractivity contribution < 1.29 is 18.8 Å². The second-order valence-corrected chi connectivity index (χ2v) is 12.0. The standard InChI is InChI=1S/C19H28O4Si/c1-7-8-11-14-22-17(20)15-12-9-10-13-16(15)18(21)23-24(5,6)19(2,3)4/h7,9-10,12-13H,1,8,11,14H2,2-6H3. The Morgan fingerprint density at radius 1 is 1.12 bits per heavy atom. The van der Waals surface area contributed by atoms with E-state index in [-0.39, 0.29) is 16.2 Å². The summed E-state index contributed by atoms with van der Waals surface area (Å²) in [5.74, 6) is -0.956. The van der Waals surface area contributed by atoms with Gasteiger partial charge in [-0.2, -0.15) is 0 Å². The Bertz CT molecular complexity index is 600. The minimum absolute atomic E-state index is 0.0944. The van der Waals surface area contributed by atoms with Crippen LogP contribution in [0.1, 0.15) is 54.3 Å². The van der Waals surface area contributed by atoms with Crippen molar-refractivity contribution >= 4 is 20.3 Å². The van der Waals surface area contributed by atoms with Crippen LogP contribution in [0.5, 0.6) is 0 Å². The fourth-order valence-electron chi connectivity index (χ4n) is 1.75. The Kier molecular flexibility index (Phi) is 6.96. The van der Waals surface area contributed by atoms with Crippen LogP contribution in [0.3, 0.4) is 0 Å². The monoisotopic (exact) mass is 348 g/mol. The largest absolute Gasteiger partial charge is 0.516 e. The number of benzene rings is 1. The van der Waals surface area contributed by atoms with Crippen molar-refractivity contribution in [3.63, 3.8) is 0 Å². The van der Waals surface area contributed by atoms with Gasteiger partial charge in [0, 0.05) is 0 Å². The highest BCUT2D eigenvalue weighted by Gasteiger charge is 2.41. The highest BCUT2D eigenvalue weighted by molar-refractivity contribution is 6.75. The summed E-state index contributed by atoms with van der Waals surface area (Å²) in [6.07, 6.45) is 3.27. The van der Waals surface area contributed by atoms with Gasteiger partial charge in [-0.05, 0) is 43.1 Å². The Labute approximate surface area is 146 Å². The van der Waals surface area contributed by atoms with E-state index in [1.54, 1.807) is 30.3 Å².